The van der Waals surface area contributed by atoms with E-state index < -0.39 is 0 Å². The fourth-order valence-electron chi connectivity index (χ4n) is 2.62. The highest BCUT2D eigenvalue weighted by Crippen LogP contribution is 2.38. The zero-order valence-electron chi connectivity index (χ0n) is 13.4. The molecule has 1 aliphatic rings. The molecular weight excluding hydrogens is 338 g/mol. The third-order valence-corrected chi connectivity index (χ3v) is 4.35. The number of hydrogen-bond acceptors (Lipinski definition) is 5. The SMILES string of the molecule is O=C(c1ccccc1)c1cc(Cl)ccc1NCc1nc(C2CC2)no1. The van der Waals surface area contributed by atoms with E-state index in [1.807, 2.05) is 18.2 Å². The number of rotatable bonds is 6. The third-order valence-electron chi connectivity index (χ3n) is 4.12. The molecule has 0 spiro atoms. The first-order valence-corrected chi connectivity index (χ1v) is 8.54. The molecule has 25 heavy (non-hydrogen) atoms. The number of hydrogen-bond donors (Lipinski definition) is 1. The molecule has 1 saturated carbocycles. The van der Waals surface area contributed by atoms with Crippen molar-refractivity contribution in [1.29, 1.82) is 0 Å². The standard InChI is InChI=1S/C19H16ClN3O2/c20-14-8-9-16(15(10-14)18(24)12-4-2-1-3-5-12)21-11-17-22-19(23-25-17)13-6-7-13/h1-5,8-10,13,21H,6-7,11H2. The molecule has 0 radical (unpaired) electrons. The first-order chi connectivity index (χ1) is 12.2. The number of ketones is 1. The number of aromatic nitrogens is 2. The second kappa shape index (κ2) is 6.69. The zero-order valence-corrected chi connectivity index (χ0v) is 14.2. The molecule has 126 valence electrons. The predicted molar refractivity (Wildman–Crippen MR) is 94.9 cm³/mol. The molecule has 1 N–H and O–H groups in total. The Morgan fingerprint density at radius 3 is 2.76 bits per heavy atom. The van der Waals surface area contributed by atoms with Crippen LogP contribution in [0.15, 0.2) is 53.1 Å². The maximum Gasteiger partial charge on any atom is 0.245 e. The smallest absolute Gasteiger partial charge is 0.245 e. The van der Waals surface area contributed by atoms with Crippen molar-refractivity contribution in [2.75, 3.05) is 5.32 Å². The van der Waals surface area contributed by atoms with Crippen molar-refractivity contribution in [3.8, 4) is 0 Å². The number of halogens is 1. The highest BCUT2D eigenvalue weighted by molar-refractivity contribution is 6.31. The van der Waals surface area contributed by atoms with E-state index in [-0.39, 0.29) is 5.78 Å². The zero-order chi connectivity index (χ0) is 17.2. The first-order valence-electron chi connectivity index (χ1n) is 8.16. The Balaban J connectivity index is 1.55. The monoisotopic (exact) mass is 353 g/mol. The van der Waals surface area contributed by atoms with Crippen LogP contribution < -0.4 is 5.32 Å². The second-order valence-corrected chi connectivity index (χ2v) is 6.50. The molecule has 5 nitrogen and oxygen atoms in total. The number of benzene rings is 2. The van der Waals surface area contributed by atoms with E-state index >= 15 is 0 Å². The lowest BCUT2D eigenvalue weighted by atomic mass is 10.0. The summed E-state index contributed by atoms with van der Waals surface area (Å²) >= 11 is 6.09. The number of nitrogens with zero attached hydrogens (tertiary/aromatic N) is 2. The molecule has 1 fully saturated rings. The molecule has 1 aromatic heterocycles. The Hall–Kier alpha value is -2.66. The van der Waals surface area contributed by atoms with Crippen molar-refractivity contribution in [3.63, 3.8) is 0 Å². The van der Waals surface area contributed by atoms with Crippen LogP contribution >= 0.6 is 11.6 Å². The highest BCUT2D eigenvalue weighted by atomic mass is 35.5. The van der Waals surface area contributed by atoms with Gasteiger partial charge in [0.05, 0.1) is 6.54 Å². The van der Waals surface area contributed by atoms with Crippen LogP contribution in [0.4, 0.5) is 5.69 Å². The molecule has 1 heterocycles. The molecule has 2 aromatic carbocycles. The third kappa shape index (κ3) is 3.56. The van der Waals surface area contributed by atoms with Crippen LogP contribution in [-0.2, 0) is 6.54 Å². The lowest BCUT2D eigenvalue weighted by molar-refractivity contribution is 0.103. The molecule has 4 rings (SSSR count). The van der Waals surface area contributed by atoms with Gasteiger partial charge in [-0.05, 0) is 31.0 Å². The average molecular weight is 354 g/mol. The Kier molecular flexibility index (Phi) is 4.24. The van der Waals surface area contributed by atoms with Gasteiger partial charge in [-0.3, -0.25) is 4.79 Å². The lowest BCUT2D eigenvalue weighted by Crippen LogP contribution is -2.08. The van der Waals surface area contributed by atoms with E-state index in [1.54, 1.807) is 30.3 Å². The summed E-state index contributed by atoms with van der Waals surface area (Å²) in [6, 6.07) is 14.3. The molecule has 1 aliphatic carbocycles. The minimum atomic E-state index is -0.0881. The number of carbonyl (C=O) groups is 1. The number of anilines is 1. The first kappa shape index (κ1) is 15.8. The van der Waals surface area contributed by atoms with Crippen LogP contribution in [0.5, 0.6) is 0 Å². The van der Waals surface area contributed by atoms with Crippen LogP contribution in [0.3, 0.4) is 0 Å². The quantitative estimate of drug-likeness (QED) is 0.663. The van der Waals surface area contributed by atoms with E-state index in [0.29, 0.717) is 40.2 Å². The summed E-state index contributed by atoms with van der Waals surface area (Å²) in [6.45, 7) is 0.358. The van der Waals surface area contributed by atoms with Gasteiger partial charge < -0.3 is 9.84 Å². The van der Waals surface area contributed by atoms with Gasteiger partial charge in [-0.1, -0.05) is 47.1 Å². The fraction of sp³-hybridized carbons (Fsp3) is 0.211. The average Bonchev–Trinajstić information content (AvgIpc) is 3.39. The maximum absolute atomic E-state index is 12.8. The fourth-order valence-corrected chi connectivity index (χ4v) is 2.79. The molecule has 0 unspecified atom stereocenters. The summed E-state index contributed by atoms with van der Waals surface area (Å²) < 4.78 is 5.26. The Bertz CT molecular complexity index is 904. The van der Waals surface area contributed by atoms with E-state index in [9.17, 15) is 4.79 Å². The van der Waals surface area contributed by atoms with Gasteiger partial charge in [0.25, 0.3) is 0 Å². The van der Waals surface area contributed by atoms with Gasteiger partial charge in [-0.2, -0.15) is 4.98 Å². The van der Waals surface area contributed by atoms with Gasteiger partial charge >= 0.3 is 0 Å². The van der Waals surface area contributed by atoms with Crippen molar-refractivity contribution >= 4 is 23.1 Å². The van der Waals surface area contributed by atoms with Crippen LogP contribution in [0, 0.1) is 0 Å². The largest absolute Gasteiger partial charge is 0.376 e. The van der Waals surface area contributed by atoms with Crippen LogP contribution in [0.25, 0.3) is 0 Å². The number of nitrogens with one attached hydrogen (secondary N) is 1. The van der Waals surface area contributed by atoms with E-state index in [1.165, 1.54) is 0 Å². The Morgan fingerprint density at radius 1 is 1.20 bits per heavy atom. The van der Waals surface area contributed by atoms with Crippen molar-refractivity contribution in [3.05, 3.63) is 76.4 Å². The van der Waals surface area contributed by atoms with Gasteiger partial charge in [0.15, 0.2) is 11.6 Å². The topological polar surface area (TPSA) is 68.0 Å². The summed E-state index contributed by atoms with van der Waals surface area (Å²) in [5.41, 5.74) is 1.81. The Labute approximate surface area is 150 Å². The molecule has 3 aromatic rings. The minimum Gasteiger partial charge on any atom is -0.376 e. The number of carbonyl (C=O) groups excluding carboxylic acids is 1. The molecule has 0 saturated heterocycles. The minimum absolute atomic E-state index is 0.0881. The summed E-state index contributed by atoms with van der Waals surface area (Å²) in [6.07, 6.45) is 2.25. The van der Waals surface area contributed by atoms with Crippen molar-refractivity contribution in [1.82, 2.24) is 10.1 Å². The Morgan fingerprint density at radius 2 is 2.00 bits per heavy atom. The molecule has 0 bridgehead atoms. The summed E-state index contributed by atoms with van der Waals surface area (Å²) in [5, 5.41) is 7.71. The van der Waals surface area contributed by atoms with Gasteiger partial charge in [-0.15, -0.1) is 0 Å². The highest BCUT2D eigenvalue weighted by Gasteiger charge is 2.28. The van der Waals surface area contributed by atoms with Crippen LogP contribution in [0.2, 0.25) is 5.02 Å². The van der Waals surface area contributed by atoms with E-state index in [4.69, 9.17) is 16.1 Å². The van der Waals surface area contributed by atoms with Crippen LogP contribution in [0.1, 0.15) is 46.4 Å². The summed E-state index contributed by atoms with van der Waals surface area (Å²) in [5.74, 6) is 1.64. The van der Waals surface area contributed by atoms with Crippen LogP contribution in [-0.4, -0.2) is 15.9 Å². The molecule has 0 atom stereocenters. The molecule has 6 heteroatoms. The summed E-state index contributed by atoms with van der Waals surface area (Å²) in [4.78, 5) is 17.2. The van der Waals surface area contributed by atoms with Crippen molar-refractivity contribution in [2.45, 2.75) is 25.3 Å². The molecule has 0 amide bonds. The van der Waals surface area contributed by atoms with Gasteiger partial charge in [0.1, 0.15) is 0 Å². The van der Waals surface area contributed by atoms with Gasteiger partial charge in [-0.25, -0.2) is 0 Å². The predicted octanol–water partition coefficient (Wildman–Crippen LogP) is 4.44. The van der Waals surface area contributed by atoms with Gasteiger partial charge in [0, 0.05) is 27.8 Å². The second-order valence-electron chi connectivity index (χ2n) is 6.06. The van der Waals surface area contributed by atoms with Gasteiger partial charge in [0.2, 0.25) is 5.89 Å². The van der Waals surface area contributed by atoms with Crippen molar-refractivity contribution in [2.24, 2.45) is 0 Å². The normalized spacial score (nSPS) is 13.6. The maximum atomic E-state index is 12.8. The lowest BCUT2D eigenvalue weighted by Gasteiger charge is -2.10. The van der Waals surface area contributed by atoms with E-state index in [0.717, 1.165) is 18.7 Å². The van der Waals surface area contributed by atoms with E-state index in [2.05, 4.69) is 15.5 Å². The molecule has 0 aliphatic heterocycles. The molecular formula is C19H16ClN3O2. The summed E-state index contributed by atoms with van der Waals surface area (Å²) in [7, 11) is 0. The van der Waals surface area contributed by atoms with Crippen molar-refractivity contribution < 1.29 is 9.32 Å².